The van der Waals surface area contributed by atoms with Gasteiger partial charge in [-0.3, -0.25) is 4.79 Å². The van der Waals surface area contributed by atoms with Crippen LogP contribution in [0.1, 0.15) is 23.2 Å². The minimum absolute atomic E-state index is 0.0170. The molecule has 1 N–H and O–H groups in total. The van der Waals surface area contributed by atoms with E-state index in [1.165, 1.54) is 0 Å². The zero-order valence-electron chi connectivity index (χ0n) is 12.2. The van der Waals surface area contributed by atoms with Gasteiger partial charge < -0.3 is 15.1 Å². The first-order valence-corrected chi connectivity index (χ1v) is 7.19. The Balaban J connectivity index is 2.08. The highest BCUT2D eigenvalue weighted by Gasteiger charge is 2.25. The summed E-state index contributed by atoms with van der Waals surface area (Å²) in [6.07, 6.45) is 3.59. The summed E-state index contributed by atoms with van der Waals surface area (Å²) in [4.78, 5) is 20.7. The smallest absolute Gasteiger partial charge is 0.255 e. The van der Waals surface area contributed by atoms with Crippen LogP contribution in [-0.4, -0.2) is 61.0 Å². The Morgan fingerprint density at radius 1 is 1.50 bits per heavy atom. The van der Waals surface area contributed by atoms with Crippen LogP contribution in [0.15, 0.2) is 12.3 Å². The van der Waals surface area contributed by atoms with E-state index in [1.807, 2.05) is 11.9 Å². The molecule has 0 unspecified atom stereocenters. The third-order valence-corrected chi connectivity index (χ3v) is 4.17. The van der Waals surface area contributed by atoms with Crippen molar-refractivity contribution in [3.63, 3.8) is 0 Å². The Labute approximate surface area is 124 Å². The van der Waals surface area contributed by atoms with E-state index in [4.69, 9.17) is 11.6 Å². The monoisotopic (exact) mass is 296 g/mol. The van der Waals surface area contributed by atoms with E-state index in [0.29, 0.717) is 22.4 Å². The molecule has 5 nitrogen and oxygen atoms in total. The molecule has 2 rings (SSSR count). The molecule has 0 aromatic carbocycles. The number of hydrogen-bond donors (Lipinski definition) is 1. The maximum atomic E-state index is 12.5. The Bertz CT molecular complexity index is 486. The molecule has 0 aliphatic carbocycles. The average Bonchev–Trinajstić information content (AvgIpc) is 2.46. The number of anilines is 1. The number of halogens is 1. The van der Waals surface area contributed by atoms with E-state index < -0.39 is 0 Å². The highest BCUT2D eigenvalue weighted by Crippen LogP contribution is 2.22. The normalized spacial score (nSPS) is 17.0. The van der Waals surface area contributed by atoms with E-state index in [0.717, 1.165) is 25.9 Å². The molecule has 0 atom stereocenters. The van der Waals surface area contributed by atoms with Gasteiger partial charge in [0.2, 0.25) is 0 Å². The molecule has 1 aliphatic rings. The number of aromatic nitrogens is 1. The Morgan fingerprint density at radius 3 is 2.70 bits per heavy atom. The van der Waals surface area contributed by atoms with Gasteiger partial charge in [0.15, 0.2) is 0 Å². The molecule has 0 radical (unpaired) electrons. The molecule has 1 saturated heterocycles. The first kappa shape index (κ1) is 15.1. The van der Waals surface area contributed by atoms with Crippen molar-refractivity contribution in [2.24, 2.45) is 0 Å². The molecule has 1 aromatic heterocycles. The second kappa shape index (κ2) is 6.41. The van der Waals surface area contributed by atoms with E-state index in [-0.39, 0.29) is 5.91 Å². The van der Waals surface area contributed by atoms with E-state index >= 15 is 0 Å². The van der Waals surface area contributed by atoms with Gasteiger partial charge >= 0.3 is 0 Å². The number of nitrogens with zero attached hydrogens (tertiary/aromatic N) is 3. The number of carbonyl (C=O) groups excluding carboxylic acids is 1. The quantitative estimate of drug-likeness (QED) is 0.926. The third kappa shape index (κ3) is 3.22. The fraction of sp³-hybridized carbons (Fsp3) is 0.571. The van der Waals surface area contributed by atoms with Crippen LogP contribution < -0.4 is 5.32 Å². The highest BCUT2D eigenvalue weighted by molar-refractivity contribution is 6.33. The summed E-state index contributed by atoms with van der Waals surface area (Å²) >= 11 is 6.08. The standard InChI is InChI=1S/C14H21ClN4O/c1-16-13-12(15)8-10(9-17-13)14(20)19(3)11-4-6-18(2)7-5-11/h8-9,11H,4-7H2,1-3H3,(H,16,17). The summed E-state index contributed by atoms with van der Waals surface area (Å²) in [7, 11) is 5.72. The molecule has 1 aromatic rings. The number of likely N-dealkylation sites (tertiary alicyclic amines) is 1. The molecule has 6 heteroatoms. The summed E-state index contributed by atoms with van der Waals surface area (Å²) < 4.78 is 0. The van der Waals surface area contributed by atoms with Gasteiger partial charge in [0.1, 0.15) is 5.82 Å². The minimum atomic E-state index is -0.0170. The average molecular weight is 297 g/mol. The van der Waals surface area contributed by atoms with Gasteiger partial charge in [-0.2, -0.15) is 0 Å². The van der Waals surface area contributed by atoms with Gasteiger partial charge in [-0.1, -0.05) is 11.6 Å². The summed E-state index contributed by atoms with van der Waals surface area (Å²) in [5.74, 6) is 0.571. The van der Waals surface area contributed by atoms with Crippen molar-refractivity contribution in [1.29, 1.82) is 0 Å². The van der Waals surface area contributed by atoms with Gasteiger partial charge in [-0.05, 0) is 39.0 Å². The van der Waals surface area contributed by atoms with Crippen molar-refractivity contribution in [2.45, 2.75) is 18.9 Å². The number of rotatable bonds is 3. The molecular weight excluding hydrogens is 276 g/mol. The van der Waals surface area contributed by atoms with E-state index in [2.05, 4.69) is 22.2 Å². The van der Waals surface area contributed by atoms with E-state index in [9.17, 15) is 4.79 Å². The van der Waals surface area contributed by atoms with Crippen LogP contribution in [0, 0.1) is 0 Å². The lowest BCUT2D eigenvalue weighted by Gasteiger charge is -2.35. The minimum Gasteiger partial charge on any atom is -0.372 e. The second-order valence-corrected chi connectivity index (χ2v) is 5.66. The van der Waals surface area contributed by atoms with Crippen LogP contribution in [0.5, 0.6) is 0 Å². The van der Waals surface area contributed by atoms with Crippen LogP contribution in [0.2, 0.25) is 5.02 Å². The fourth-order valence-corrected chi connectivity index (χ4v) is 2.75. The highest BCUT2D eigenvalue weighted by atomic mass is 35.5. The van der Waals surface area contributed by atoms with Crippen LogP contribution in [0.3, 0.4) is 0 Å². The van der Waals surface area contributed by atoms with E-state index in [1.54, 1.807) is 19.3 Å². The number of nitrogens with one attached hydrogen (secondary N) is 1. The molecule has 0 bridgehead atoms. The number of carbonyl (C=O) groups is 1. The Kier molecular flexibility index (Phi) is 4.83. The molecule has 0 saturated carbocycles. The molecule has 20 heavy (non-hydrogen) atoms. The van der Waals surface area contributed by atoms with Crippen molar-refractivity contribution in [3.05, 3.63) is 22.8 Å². The van der Waals surface area contributed by atoms with Crippen LogP contribution >= 0.6 is 11.6 Å². The maximum absolute atomic E-state index is 12.5. The molecule has 2 heterocycles. The zero-order valence-corrected chi connectivity index (χ0v) is 12.9. The van der Waals surface area contributed by atoms with Crippen molar-refractivity contribution >= 4 is 23.3 Å². The second-order valence-electron chi connectivity index (χ2n) is 5.25. The van der Waals surface area contributed by atoms with Crippen molar-refractivity contribution < 1.29 is 4.79 Å². The predicted molar refractivity (Wildman–Crippen MR) is 81.4 cm³/mol. The number of amides is 1. The molecule has 1 aliphatic heterocycles. The molecule has 110 valence electrons. The Hall–Kier alpha value is -1.33. The largest absolute Gasteiger partial charge is 0.372 e. The van der Waals surface area contributed by atoms with Crippen LogP contribution in [0.25, 0.3) is 0 Å². The molecule has 1 amide bonds. The van der Waals surface area contributed by atoms with Gasteiger partial charge in [0.05, 0.1) is 10.6 Å². The van der Waals surface area contributed by atoms with Crippen molar-refractivity contribution in [2.75, 3.05) is 39.5 Å². The lowest BCUT2D eigenvalue weighted by atomic mass is 10.0. The maximum Gasteiger partial charge on any atom is 0.255 e. The van der Waals surface area contributed by atoms with Crippen molar-refractivity contribution in [3.8, 4) is 0 Å². The first-order valence-electron chi connectivity index (χ1n) is 6.82. The number of pyridine rings is 1. The zero-order chi connectivity index (χ0) is 14.7. The van der Waals surface area contributed by atoms with Crippen LogP contribution in [0.4, 0.5) is 5.82 Å². The summed E-state index contributed by atoms with van der Waals surface area (Å²) in [5, 5.41) is 3.35. The number of hydrogen-bond acceptors (Lipinski definition) is 4. The Morgan fingerprint density at radius 2 is 2.15 bits per heavy atom. The lowest BCUT2D eigenvalue weighted by Crippen LogP contribution is -2.44. The summed E-state index contributed by atoms with van der Waals surface area (Å²) in [5.41, 5.74) is 0.537. The van der Waals surface area contributed by atoms with Crippen LogP contribution in [-0.2, 0) is 0 Å². The SMILES string of the molecule is CNc1ncc(C(=O)N(C)C2CCN(C)CC2)cc1Cl. The summed E-state index contributed by atoms with van der Waals surface area (Å²) in [6.45, 7) is 2.06. The summed E-state index contributed by atoms with van der Waals surface area (Å²) in [6, 6.07) is 1.97. The third-order valence-electron chi connectivity index (χ3n) is 3.88. The first-order chi connectivity index (χ1) is 9.52. The van der Waals surface area contributed by atoms with Gasteiger partial charge in [-0.25, -0.2) is 4.98 Å². The number of piperidine rings is 1. The fourth-order valence-electron chi connectivity index (χ4n) is 2.49. The van der Waals surface area contributed by atoms with Gasteiger partial charge in [0, 0.05) is 26.3 Å². The lowest BCUT2D eigenvalue weighted by molar-refractivity contribution is 0.0659. The predicted octanol–water partition coefficient (Wildman–Crippen LogP) is 1.94. The molecule has 1 fully saturated rings. The topological polar surface area (TPSA) is 48.5 Å². The molecule has 0 spiro atoms. The molecular formula is C14H21ClN4O. The van der Waals surface area contributed by atoms with Gasteiger partial charge in [-0.15, -0.1) is 0 Å². The van der Waals surface area contributed by atoms with Gasteiger partial charge in [0.25, 0.3) is 5.91 Å². The van der Waals surface area contributed by atoms with Crippen molar-refractivity contribution in [1.82, 2.24) is 14.8 Å².